The fourth-order valence-electron chi connectivity index (χ4n) is 5.47. The number of benzene rings is 2. The number of ether oxygens (including phenoxy) is 1. The third kappa shape index (κ3) is 4.16. The van der Waals surface area contributed by atoms with Gasteiger partial charge in [-0.15, -0.1) is 0 Å². The monoisotopic (exact) mass is 494 g/mol. The van der Waals surface area contributed by atoms with Gasteiger partial charge in [0.25, 0.3) is 0 Å². The summed E-state index contributed by atoms with van der Waals surface area (Å²) in [6, 6.07) is 16.7. The molecule has 1 saturated heterocycles. The molecule has 1 aliphatic carbocycles. The summed E-state index contributed by atoms with van der Waals surface area (Å²) >= 11 is 0. The molecule has 9 heteroatoms. The molecular weight excluding hydrogens is 469 g/mol. The van der Waals surface area contributed by atoms with Crippen LogP contribution >= 0.6 is 0 Å². The Morgan fingerprint density at radius 1 is 1.00 bits per heavy atom. The number of hydrogen-bond acceptors (Lipinski definition) is 6. The summed E-state index contributed by atoms with van der Waals surface area (Å²) in [6.45, 7) is 1.82. The van der Waals surface area contributed by atoms with Gasteiger partial charge >= 0.3 is 6.18 Å². The Balaban J connectivity index is 1.72. The van der Waals surface area contributed by atoms with Crippen molar-refractivity contribution in [2.45, 2.75) is 30.9 Å². The first-order valence-corrected chi connectivity index (χ1v) is 11.8. The number of rotatable bonds is 3. The van der Waals surface area contributed by atoms with Crippen LogP contribution < -0.4 is 5.73 Å². The Kier molecular flexibility index (Phi) is 6.33. The third-order valence-corrected chi connectivity index (χ3v) is 7.06. The van der Waals surface area contributed by atoms with Crippen LogP contribution in [0.5, 0.6) is 0 Å². The average molecular weight is 495 g/mol. The van der Waals surface area contributed by atoms with E-state index in [1.54, 1.807) is 5.01 Å². The number of hydrazine groups is 1. The van der Waals surface area contributed by atoms with Crippen LogP contribution in [0.1, 0.15) is 41.4 Å². The van der Waals surface area contributed by atoms with Gasteiger partial charge in [-0.05, 0) is 29.5 Å². The molecule has 1 fully saturated rings. The van der Waals surface area contributed by atoms with Gasteiger partial charge in [-0.1, -0.05) is 48.5 Å². The quantitative estimate of drug-likeness (QED) is 0.679. The van der Waals surface area contributed by atoms with Crippen LogP contribution in [0.2, 0.25) is 0 Å². The highest BCUT2D eigenvalue weighted by Gasteiger charge is 2.46. The first-order chi connectivity index (χ1) is 17.3. The largest absolute Gasteiger partial charge is 0.416 e. The summed E-state index contributed by atoms with van der Waals surface area (Å²) in [5, 5.41) is 13.7. The van der Waals surface area contributed by atoms with E-state index in [2.05, 4.69) is 0 Å². The van der Waals surface area contributed by atoms with Gasteiger partial charge in [-0.2, -0.15) is 18.4 Å². The molecule has 186 valence electrons. The van der Waals surface area contributed by atoms with Crippen molar-refractivity contribution in [3.8, 4) is 6.07 Å². The maximum Gasteiger partial charge on any atom is 0.416 e. The lowest BCUT2D eigenvalue weighted by atomic mass is 9.71. The van der Waals surface area contributed by atoms with E-state index in [1.165, 1.54) is 18.2 Å². The van der Waals surface area contributed by atoms with Crippen molar-refractivity contribution in [3.05, 3.63) is 94.0 Å². The van der Waals surface area contributed by atoms with Crippen LogP contribution in [0.4, 0.5) is 13.2 Å². The lowest BCUT2D eigenvalue weighted by molar-refractivity contribution is -0.138. The molecule has 36 heavy (non-hydrogen) atoms. The van der Waals surface area contributed by atoms with E-state index in [0.717, 1.165) is 11.6 Å². The van der Waals surface area contributed by atoms with Crippen molar-refractivity contribution in [1.82, 2.24) is 10.0 Å². The molecule has 2 atom stereocenters. The molecule has 0 amide bonds. The highest BCUT2D eigenvalue weighted by Crippen LogP contribution is 2.50. The Morgan fingerprint density at radius 3 is 2.33 bits per heavy atom. The zero-order valence-corrected chi connectivity index (χ0v) is 19.5. The van der Waals surface area contributed by atoms with Gasteiger partial charge < -0.3 is 10.5 Å². The normalized spacial score (nSPS) is 23.5. The number of nitriles is 1. The molecule has 0 radical (unpaired) electrons. The van der Waals surface area contributed by atoms with E-state index in [0.29, 0.717) is 38.4 Å². The lowest BCUT2D eigenvalue weighted by Gasteiger charge is -2.47. The number of Topliss-reactive ketones (excluding diaryl/α,β-unsaturated/α-hetero) is 1. The van der Waals surface area contributed by atoms with E-state index in [4.69, 9.17) is 10.5 Å². The second kappa shape index (κ2) is 9.45. The minimum absolute atomic E-state index is 0.0524. The number of allylic oxidation sites excluding steroid dienone is 3. The lowest BCUT2D eigenvalue weighted by Crippen LogP contribution is -2.52. The van der Waals surface area contributed by atoms with Crippen molar-refractivity contribution in [2.75, 3.05) is 26.3 Å². The number of ketones is 1. The molecule has 3 aliphatic rings. The minimum Gasteiger partial charge on any atom is -0.383 e. The molecule has 6 nitrogen and oxygen atoms in total. The smallest absolute Gasteiger partial charge is 0.383 e. The van der Waals surface area contributed by atoms with Crippen LogP contribution in [0.15, 0.2) is 77.3 Å². The second-order valence-corrected chi connectivity index (χ2v) is 9.11. The number of nitrogens with two attached hydrogens (primary N) is 1. The highest BCUT2D eigenvalue weighted by molar-refractivity contribution is 6.00. The summed E-state index contributed by atoms with van der Waals surface area (Å²) in [5.41, 5.74) is 7.25. The van der Waals surface area contributed by atoms with Crippen molar-refractivity contribution < 1.29 is 22.7 Å². The van der Waals surface area contributed by atoms with E-state index < -0.39 is 17.7 Å². The molecule has 0 aromatic heterocycles. The maximum absolute atomic E-state index is 14.0. The predicted molar refractivity (Wildman–Crippen MR) is 126 cm³/mol. The van der Waals surface area contributed by atoms with Gasteiger partial charge in [0, 0.05) is 30.8 Å². The third-order valence-electron chi connectivity index (χ3n) is 7.06. The zero-order valence-electron chi connectivity index (χ0n) is 19.5. The molecular formula is C27H25F3N4O2. The summed E-state index contributed by atoms with van der Waals surface area (Å²) < 4.78 is 47.6. The van der Waals surface area contributed by atoms with Gasteiger partial charge in [0.2, 0.25) is 0 Å². The molecule has 2 aliphatic heterocycles. The molecule has 2 N–H and O–H groups in total. The van der Waals surface area contributed by atoms with E-state index in [-0.39, 0.29) is 40.7 Å². The Hall–Kier alpha value is -3.61. The summed E-state index contributed by atoms with van der Waals surface area (Å²) in [5.74, 6) is -1.56. The molecule has 2 heterocycles. The first-order valence-electron chi connectivity index (χ1n) is 11.8. The number of carbonyl (C=O) groups is 1. The number of morpholine rings is 1. The summed E-state index contributed by atoms with van der Waals surface area (Å²) in [7, 11) is 0. The van der Waals surface area contributed by atoms with Crippen LogP contribution in [0.3, 0.4) is 0 Å². The van der Waals surface area contributed by atoms with E-state index >= 15 is 0 Å². The number of alkyl halides is 3. The second-order valence-electron chi connectivity index (χ2n) is 9.11. The molecule has 5 rings (SSSR count). The van der Waals surface area contributed by atoms with E-state index in [1.807, 2.05) is 41.4 Å². The molecule has 0 saturated carbocycles. The summed E-state index contributed by atoms with van der Waals surface area (Å²) in [4.78, 5) is 13.8. The van der Waals surface area contributed by atoms with Gasteiger partial charge in [0.05, 0.1) is 36.3 Å². The molecule has 0 spiro atoms. The fourth-order valence-corrected chi connectivity index (χ4v) is 5.47. The first kappa shape index (κ1) is 24.1. The van der Waals surface area contributed by atoms with Gasteiger partial charge in [-0.25, -0.2) is 5.01 Å². The minimum atomic E-state index is -4.65. The van der Waals surface area contributed by atoms with Crippen LogP contribution in [0, 0.1) is 11.3 Å². The number of hydrogen-bond donors (Lipinski definition) is 1. The zero-order chi connectivity index (χ0) is 25.4. The molecule has 2 aromatic rings. The predicted octanol–water partition coefficient (Wildman–Crippen LogP) is 4.45. The van der Waals surface area contributed by atoms with Crippen molar-refractivity contribution in [2.24, 2.45) is 5.73 Å². The van der Waals surface area contributed by atoms with Crippen molar-refractivity contribution in [1.29, 1.82) is 5.26 Å². The topological polar surface area (TPSA) is 82.6 Å². The Labute approximate surface area is 207 Å². The molecule has 0 bridgehead atoms. The SMILES string of the molecule is N#CC1=C(N)N(N2CCOCC2)C2=C(C(=O)C[C@H](c3ccccc3)C2)[C@@H]1c1ccccc1C(F)(F)F. The maximum atomic E-state index is 14.0. The fraction of sp³-hybridized carbons (Fsp3) is 0.333. The van der Waals surface area contributed by atoms with E-state index in [9.17, 15) is 23.2 Å². The molecule has 0 unspecified atom stereocenters. The Morgan fingerprint density at radius 2 is 1.67 bits per heavy atom. The van der Waals surface area contributed by atoms with Gasteiger partial charge in [0.1, 0.15) is 5.82 Å². The van der Waals surface area contributed by atoms with Crippen molar-refractivity contribution in [3.63, 3.8) is 0 Å². The van der Waals surface area contributed by atoms with Gasteiger partial charge in [-0.3, -0.25) is 9.80 Å². The average Bonchev–Trinajstić information content (AvgIpc) is 2.88. The van der Waals surface area contributed by atoms with Crippen LogP contribution in [-0.4, -0.2) is 42.1 Å². The van der Waals surface area contributed by atoms with Crippen molar-refractivity contribution >= 4 is 5.78 Å². The van der Waals surface area contributed by atoms with Gasteiger partial charge in [0.15, 0.2) is 5.78 Å². The van der Waals surface area contributed by atoms with Crippen LogP contribution in [0.25, 0.3) is 0 Å². The number of halogens is 3. The number of nitrogens with zero attached hydrogens (tertiary/aromatic N) is 3. The number of carbonyl (C=O) groups excluding carboxylic acids is 1. The standard InChI is InChI=1S/C27H25F3N4O2/c28-27(29,30)21-9-5-4-8-19(21)24-20(16-31)26(32)34(33-10-12-36-13-11-33)22-14-18(15-23(35)25(22)24)17-6-2-1-3-7-17/h1-9,18,24H,10-15,32H2/t18-,24-/m1/s1. The highest BCUT2D eigenvalue weighted by atomic mass is 19.4. The Bertz CT molecular complexity index is 1270. The summed E-state index contributed by atoms with van der Waals surface area (Å²) in [6.07, 6.45) is -4.10. The van der Waals surface area contributed by atoms with Crippen LogP contribution in [-0.2, 0) is 15.7 Å². The molecule has 2 aromatic carbocycles.